The molecule has 0 radical (unpaired) electrons. The lowest BCUT2D eigenvalue weighted by Crippen LogP contribution is -2.17. The Kier molecular flexibility index (Phi) is 2.68. The monoisotopic (exact) mass is 220 g/mol. The molecule has 1 aromatic carbocycles. The average Bonchev–Trinajstić information content (AvgIpc) is 2.27. The Morgan fingerprint density at radius 2 is 2.00 bits per heavy atom. The molecule has 0 aliphatic rings. The maximum atomic E-state index is 13.2. The lowest BCUT2D eigenvalue weighted by Gasteiger charge is -2.05. The molecule has 0 N–H and O–H groups in total. The zero-order valence-electron chi connectivity index (χ0n) is 8.55. The Hall–Kier alpha value is -2.17. The molecule has 0 amide bonds. The van der Waals surface area contributed by atoms with Crippen molar-refractivity contribution in [2.24, 2.45) is 7.05 Å². The van der Waals surface area contributed by atoms with Crippen LogP contribution in [0.4, 0.5) is 4.39 Å². The van der Waals surface area contributed by atoms with Gasteiger partial charge < -0.3 is 4.74 Å². The highest BCUT2D eigenvalue weighted by molar-refractivity contribution is 5.27. The van der Waals surface area contributed by atoms with E-state index in [2.05, 4.69) is 5.10 Å². The predicted molar refractivity (Wildman–Crippen MR) is 56.0 cm³/mol. The van der Waals surface area contributed by atoms with Gasteiger partial charge in [-0.2, -0.15) is 0 Å². The average molecular weight is 220 g/mol. The van der Waals surface area contributed by atoms with Gasteiger partial charge in [-0.3, -0.25) is 4.79 Å². The van der Waals surface area contributed by atoms with E-state index < -0.39 is 5.82 Å². The molecule has 0 aliphatic heterocycles. The molecule has 0 saturated carbocycles. The highest BCUT2D eigenvalue weighted by Gasteiger charge is 2.04. The molecule has 5 heteroatoms. The minimum atomic E-state index is -0.474. The van der Waals surface area contributed by atoms with Crippen molar-refractivity contribution in [3.8, 4) is 11.6 Å². The van der Waals surface area contributed by atoms with E-state index in [4.69, 9.17) is 4.74 Å². The molecule has 0 saturated heterocycles. The summed E-state index contributed by atoms with van der Waals surface area (Å²) < 4.78 is 19.6. The van der Waals surface area contributed by atoms with Gasteiger partial charge in [-0.05, 0) is 12.1 Å². The molecule has 2 aromatic rings. The molecule has 1 heterocycles. The van der Waals surface area contributed by atoms with Gasteiger partial charge in [0.2, 0.25) is 5.88 Å². The molecule has 4 nitrogen and oxygen atoms in total. The van der Waals surface area contributed by atoms with E-state index in [9.17, 15) is 9.18 Å². The maximum absolute atomic E-state index is 13.2. The van der Waals surface area contributed by atoms with Crippen molar-refractivity contribution in [3.05, 3.63) is 52.6 Å². The van der Waals surface area contributed by atoms with Gasteiger partial charge >= 0.3 is 0 Å². The van der Waals surface area contributed by atoms with Crippen molar-refractivity contribution in [1.82, 2.24) is 9.78 Å². The fourth-order valence-electron chi connectivity index (χ4n) is 1.18. The Labute approximate surface area is 90.9 Å². The van der Waals surface area contributed by atoms with E-state index in [1.165, 1.54) is 31.3 Å². The number of para-hydroxylation sites is 1. The second-order valence-corrected chi connectivity index (χ2v) is 3.17. The number of rotatable bonds is 2. The van der Waals surface area contributed by atoms with Crippen LogP contribution in [-0.2, 0) is 7.05 Å². The zero-order valence-corrected chi connectivity index (χ0v) is 8.55. The number of aryl methyl sites for hydroxylation is 1. The van der Waals surface area contributed by atoms with Crippen molar-refractivity contribution in [1.29, 1.82) is 0 Å². The number of benzene rings is 1. The number of hydrogen-bond acceptors (Lipinski definition) is 3. The predicted octanol–water partition coefficient (Wildman–Crippen LogP) is 1.71. The van der Waals surface area contributed by atoms with Crippen molar-refractivity contribution in [2.75, 3.05) is 0 Å². The third kappa shape index (κ3) is 2.08. The summed E-state index contributed by atoms with van der Waals surface area (Å²) in [5, 5.41) is 3.82. The fourth-order valence-corrected chi connectivity index (χ4v) is 1.18. The highest BCUT2D eigenvalue weighted by Crippen LogP contribution is 2.21. The van der Waals surface area contributed by atoms with E-state index in [1.54, 1.807) is 12.1 Å². The summed E-state index contributed by atoms with van der Waals surface area (Å²) in [7, 11) is 1.50. The molecule has 1 aromatic heterocycles. The Morgan fingerprint density at radius 1 is 1.25 bits per heavy atom. The fraction of sp³-hybridized carbons (Fsp3) is 0.0909. The van der Waals surface area contributed by atoms with E-state index in [0.29, 0.717) is 0 Å². The summed E-state index contributed by atoms with van der Waals surface area (Å²) in [6.45, 7) is 0. The van der Waals surface area contributed by atoms with Crippen LogP contribution in [0.1, 0.15) is 0 Å². The van der Waals surface area contributed by atoms with Crippen molar-refractivity contribution in [2.45, 2.75) is 0 Å². The smallest absolute Gasteiger partial charge is 0.266 e. The van der Waals surface area contributed by atoms with Gasteiger partial charge in [-0.1, -0.05) is 12.1 Å². The van der Waals surface area contributed by atoms with Crippen LogP contribution in [0.2, 0.25) is 0 Å². The molecule has 0 bridgehead atoms. The molecular formula is C11H9FN2O2. The maximum Gasteiger partial charge on any atom is 0.266 e. The largest absolute Gasteiger partial charge is 0.435 e. The van der Waals surface area contributed by atoms with Crippen LogP contribution in [0.3, 0.4) is 0 Å². The van der Waals surface area contributed by atoms with Gasteiger partial charge in [-0.25, -0.2) is 9.07 Å². The lowest BCUT2D eigenvalue weighted by molar-refractivity contribution is 0.411. The molecule has 0 fully saturated rings. The standard InChI is InChI=1S/C11H9FN2O2/c1-14-11(15)7-6-10(13-14)16-9-5-3-2-4-8(9)12/h2-7H,1H3. The van der Waals surface area contributed by atoms with E-state index in [-0.39, 0.29) is 17.2 Å². The highest BCUT2D eigenvalue weighted by atomic mass is 19.1. The van der Waals surface area contributed by atoms with Gasteiger partial charge in [-0.15, -0.1) is 5.10 Å². The van der Waals surface area contributed by atoms with Gasteiger partial charge in [0.05, 0.1) is 0 Å². The van der Waals surface area contributed by atoms with Crippen LogP contribution in [0, 0.1) is 5.82 Å². The van der Waals surface area contributed by atoms with Crippen molar-refractivity contribution >= 4 is 0 Å². The lowest BCUT2D eigenvalue weighted by atomic mass is 10.3. The SMILES string of the molecule is Cn1nc(Oc2ccccc2F)ccc1=O. The first-order valence-corrected chi connectivity index (χ1v) is 4.63. The summed E-state index contributed by atoms with van der Waals surface area (Å²) in [6.07, 6.45) is 0. The number of halogens is 1. The first-order chi connectivity index (χ1) is 7.66. The molecular weight excluding hydrogens is 211 g/mol. The molecule has 0 aliphatic carbocycles. The van der Waals surface area contributed by atoms with Crippen LogP contribution < -0.4 is 10.3 Å². The third-order valence-corrected chi connectivity index (χ3v) is 1.99. The van der Waals surface area contributed by atoms with Gasteiger partial charge in [0, 0.05) is 19.2 Å². The molecule has 16 heavy (non-hydrogen) atoms. The van der Waals surface area contributed by atoms with Crippen molar-refractivity contribution in [3.63, 3.8) is 0 Å². The van der Waals surface area contributed by atoms with Crippen molar-refractivity contribution < 1.29 is 9.13 Å². The third-order valence-electron chi connectivity index (χ3n) is 1.99. The second kappa shape index (κ2) is 4.14. The normalized spacial score (nSPS) is 10.1. The molecule has 2 rings (SSSR count). The minimum absolute atomic E-state index is 0.0775. The molecule has 0 atom stereocenters. The number of hydrogen-bond donors (Lipinski definition) is 0. The molecule has 0 spiro atoms. The zero-order chi connectivity index (χ0) is 11.5. The molecule has 0 unspecified atom stereocenters. The first kappa shape index (κ1) is 10.4. The minimum Gasteiger partial charge on any atom is -0.435 e. The van der Waals surface area contributed by atoms with Gasteiger partial charge in [0.15, 0.2) is 11.6 Å². The van der Waals surface area contributed by atoms with Crippen LogP contribution >= 0.6 is 0 Å². The Bertz CT molecular complexity index is 566. The second-order valence-electron chi connectivity index (χ2n) is 3.17. The van der Waals surface area contributed by atoms with Crippen LogP contribution in [0.25, 0.3) is 0 Å². The van der Waals surface area contributed by atoms with E-state index in [0.717, 1.165) is 4.68 Å². The Balaban J connectivity index is 2.31. The van der Waals surface area contributed by atoms with Crippen LogP contribution in [0.15, 0.2) is 41.2 Å². The number of ether oxygens (including phenoxy) is 1. The summed E-state index contributed by atoms with van der Waals surface area (Å²) in [5.74, 6) is -0.223. The first-order valence-electron chi connectivity index (χ1n) is 4.63. The van der Waals surface area contributed by atoms with E-state index in [1.807, 2.05) is 0 Å². The van der Waals surface area contributed by atoms with Crippen LogP contribution in [-0.4, -0.2) is 9.78 Å². The summed E-state index contributed by atoms with van der Waals surface area (Å²) >= 11 is 0. The topological polar surface area (TPSA) is 44.1 Å². The summed E-state index contributed by atoms with van der Waals surface area (Å²) in [6, 6.07) is 8.70. The molecule has 82 valence electrons. The summed E-state index contributed by atoms with van der Waals surface area (Å²) in [5.41, 5.74) is -0.249. The number of aromatic nitrogens is 2. The Morgan fingerprint density at radius 3 is 2.69 bits per heavy atom. The van der Waals surface area contributed by atoms with Crippen LogP contribution in [0.5, 0.6) is 11.6 Å². The number of nitrogens with zero attached hydrogens (tertiary/aromatic N) is 2. The van der Waals surface area contributed by atoms with E-state index >= 15 is 0 Å². The van der Waals surface area contributed by atoms with Gasteiger partial charge in [0.25, 0.3) is 5.56 Å². The summed E-state index contributed by atoms with van der Waals surface area (Å²) in [4.78, 5) is 11.1. The van der Waals surface area contributed by atoms with Gasteiger partial charge in [0.1, 0.15) is 0 Å². The quantitative estimate of drug-likeness (QED) is 0.773.